The maximum Gasteiger partial charge on any atom is 0.0669 e. The Labute approximate surface area is 91.2 Å². The lowest BCUT2D eigenvalue weighted by Gasteiger charge is -2.16. The molecule has 1 aromatic rings. The van der Waals surface area contributed by atoms with Gasteiger partial charge in [-0.2, -0.15) is 5.26 Å². The van der Waals surface area contributed by atoms with E-state index in [0.717, 1.165) is 18.4 Å². The van der Waals surface area contributed by atoms with E-state index in [-0.39, 0.29) is 0 Å². The molecule has 0 saturated heterocycles. The molecule has 0 bridgehead atoms. The van der Waals surface area contributed by atoms with E-state index in [1.165, 1.54) is 5.56 Å². The zero-order valence-electron chi connectivity index (χ0n) is 9.33. The van der Waals surface area contributed by atoms with Gasteiger partial charge in [0.05, 0.1) is 18.1 Å². The number of hydrogen-bond donors (Lipinski definition) is 1. The summed E-state index contributed by atoms with van der Waals surface area (Å²) in [7, 11) is 0. The second kappa shape index (κ2) is 4.95. The smallest absolute Gasteiger partial charge is 0.0669 e. The van der Waals surface area contributed by atoms with Gasteiger partial charge in [-0.3, -0.25) is 0 Å². The molecule has 2 nitrogen and oxygen atoms in total. The highest BCUT2D eigenvalue weighted by Crippen LogP contribution is 2.13. The molecular weight excluding hydrogens is 186 g/mol. The molecule has 0 aliphatic heterocycles. The van der Waals surface area contributed by atoms with Crippen molar-refractivity contribution >= 4 is 0 Å². The predicted octanol–water partition coefficient (Wildman–Crippen LogP) is 2.46. The third-order valence-electron chi connectivity index (χ3n) is 2.33. The summed E-state index contributed by atoms with van der Waals surface area (Å²) in [5.41, 5.74) is 1.65. The van der Waals surface area contributed by atoms with E-state index in [1.54, 1.807) is 0 Å². The number of nitrogens with zero attached hydrogens (tertiary/aromatic N) is 1. The van der Waals surface area contributed by atoms with Crippen molar-refractivity contribution in [3.05, 3.63) is 35.4 Å². The number of benzene rings is 1. The van der Waals surface area contributed by atoms with Gasteiger partial charge in [0.25, 0.3) is 0 Å². The van der Waals surface area contributed by atoms with Crippen LogP contribution in [0.4, 0.5) is 0 Å². The molecule has 0 aliphatic carbocycles. The van der Waals surface area contributed by atoms with Crippen molar-refractivity contribution in [3.63, 3.8) is 0 Å². The monoisotopic (exact) mass is 203 g/mol. The summed E-state index contributed by atoms with van der Waals surface area (Å²) in [5.74, 6) is 0. The fraction of sp³-hybridized carbons (Fsp3) is 0.462. The highest BCUT2D eigenvalue weighted by Gasteiger charge is 2.11. The summed E-state index contributed by atoms with van der Waals surface area (Å²) in [6.07, 6.45) is 2.09. The van der Waals surface area contributed by atoms with Gasteiger partial charge in [0.15, 0.2) is 0 Å². The van der Waals surface area contributed by atoms with E-state index in [4.69, 9.17) is 5.26 Å². The minimum absolute atomic E-state index is 0.464. The molecule has 0 saturated carbocycles. The Bertz CT molecular complexity index is 340. The van der Waals surface area contributed by atoms with E-state index in [9.17, 15) is 5.11 Å². The van der Waals surface area contributed by atoms with Crippen LogP contribution < -0.4 is 0 Å². The molecule has 0 unspecified atom stereocenters. The van der Waals surface area contributed by atoms with Crippen molar-refractivity contribution in [2.45, 2.75) is 38.7 Å². The van der Waals surface area contributed by atoms with Crippen LogP contribution in [-0.2, 0) is 12.8 Å². The zero-order valence-corrected chi connectivity index (χ0v) is 9.33. The van der Waals surface area contributed by atoms with Gasteiger partial charge in [0.2, 0.25) is 0 Å². The van der Waals surface area contributed by atoms with Crippen LogP contribution in [0.15, 0.2) is 24.3 Å². The van der Waals surface area contributed by atoms with Crippen LogP contribution >= 0.6 is 0 Å². The Morgan fingerprint density at radius 3 is 2.20 bits per heavy atom. The van der Waals surface area contributed by atoms with Crippen LogP contribution in [0, 0.1) is 11.3 Å². The molecule has 1 aromatic carbocycles. The predicted molar refractivity (Wildman–Crippen MR) is 60.4 cm³/mol. The van der Waals surface area contributed by atoms with Crippen molar-refractivity contribution in [2.75, 3.05) is 0 Å². The molecule has 0 radical (unpaired) electrons. The lowest BCUT2D eigenvalue weighted by molar-refractivity contribution is 0.0714. The second-order valence-corrected chi connectivity index (χ2v) is 4.46. The highest BCUT2D eigenvalue weighted by molar-refractivity contribution is 5.24. The lowest BCUT2D eigenvalue weighted by atomic mass is 9.98. The first-order valence-electron chi connectivity index (χ1n) is 5.18. The molecule has 2 heteroatoms. The molecule has 0 atom stereocenters. The van der Waals surface area contributed by atoms with Crippen LogP contribution in [-0.4, -0.2) is 10.7 Å². The Morgan fingerprint density at radius 1 is 1.20 bits per heavy atom. The largest absolute Gasteiger partial charge is 0.390 e. The molecule has 15 heavy (non-hydrogen) atoms. The fourth-order valence-corrected chi connectivity index (χ4v) is 1.37. The molecule has 80 valence electrons. The van der Waals surface area contributed by atoms with Crippen LogP contribution in [0.3, 0.4) is 0 Å². The van der Waals surface area contributed by atoms with Gasteiger partial charge in [-0.15, -0.1) is 0 Å². The van der Waals surface area contributed by atoms with Crippen molar-refractivity contribution < 1.29 is 5.11 Å². The molecular formula is C13H17NO. The van der Waals surface area contributed by atoms with Crippen LogP contribution in [0.5, 0.6) is 0 Å². The van der Waals surface area contributed by atoms with Crippen molar-refractivity contribution in [1.29, 1.82) is 5.26 Å². The molecule has 0 aliphatic rings. The van der Waals surface area contributed by atoms with E-state index < -0.39 is 5.60 Å². The molecule has 1 rings (SSSR count). The average molecular weight is 203 g/mol. The quantitative estimate of drug-likeness (QED) is 0.816. The Kier molecular flexibility index (Phi) is 3.88. The molecule has 0 heterocycles. The summed E-state index contributed by atoms with van der Waals surface area (Å²) in [6, 6.07) is 10.1. The third kappa shape index (κ3) is 4.62. The van der Waals surface area contributed by atoms with Gasteiger partial charge in [0, 0.05) is 0 Å². The number of nitriles is 1. The van der Waals surface area contributed by atoms with Gasteiger partial charge in [-0.05, 0) is 37.8 Å². The van der Waals surface area contributed by atoms with Crippen LogP contribution in [0.2, 0.25) is 0 Å². The van der Waals surface area contributed by atoms with E-state index >= 15 is 0 Å². The first-order chi connectivity index (χ1) is 7.01. The molecule has 0 spiro atoms. The highest BCUT2D eigenvalue weighted by atomic mass is 16.3. The van der Waals surface area contributed by atoms with Gasteiger partial charge in [-0.25, -0.2) is 0 Å². The third-order valence-corrected chi connectivity index (χ3v) is 2.33. The van der Waals surface area contributed by atoms with E-state index in [0.29, 0.717) is 6.42 Å². The van der Waals surface area contributed by atoms with Crippen molar-refractivity contribution in [3.8, 4) is 6.07 Å². The van der Waals surface area contributed by atoms with Crippen molar-refractivity contribution in [2.24, 2.45) is 0 Å². The first kappa shape index (κ1) is 11.7. The van der Waals surface area contributed by atoms with E-state index in [1.807, 2.05) is 38.1 Å². The Morgan fingerprint density at radius 2 is 1.73 bits per heavy atom. The number of hydrogen-bond acceptors (Lipinski definition) is 2. The summed E-state index contributed by atoms with van der Waals surface area (Å²) >= 11 is 0. The molecule has 0 aromatic heterocycles. The van der Waals surface area contributed by atoms with Crippen LogP contribution in [0.1, 0.15) is 31.4 Å². The average Bonchev–Trinajstić information content (AvgIpc) is 2.16. The van der Waals surface area contributed by atoms with Crippen LogP contribution in [0.25, 0.3) is 0 Å². The van der Waals surface area contributed by atoms with Gasteiger partial charge >= 0.3 is 0 Å². The topological polar surface area (TPSA) is 44.0 Å². The maximum absolute atomic E-state index is 9.57. The number of rotatable bonds is 4. The summed E-state index contributed by atoms with van der Waals surface area (Å²) < 4.78 is 0. The number of aryl methyl sites for hydroxylation is 1. The summed E-state index contributed by atoms with van der Waals surface area (Å²) in [5, 5.41) is 18.1. The fourth-order valence-electron chi connectivity index (χ4n) is 1.37. The van der Waals surface area contributed by atoms with Gasteiger partial charge in [0.1, 0.15) is 0 Å². The summed E-state index contributed by atoms with van der Waals surface area (Å²) in [4.78, 5) is 0. The van der Waals surface area contributed by atoms with Crippen molar-refractivity contribution in [1.82, 2.24) is 0 Å². The minimum Gasteiger partial charge on any atom is -0.390 e. The Hall–Kier alpha value is -1.33. The SMILES string of the molecule is CC(C)(O)CCc1ccc(CC#N)cc1. The zero-order chi connectivity index (χ0) is 11.3. The molecule has 1 N–H and O–H groups in total. The Balaban J connectivity index is 2.54. The number of aliphatic hydroxyl groups is 1. The maximum atomic E-state index is 9.57. The standard InChI is InChI=1S/C13H17NO/c1-13(2,15)9-7-11-3-5-12(6-4-11)8-10-14/h3-6,15H,7-9H2,1-2H3. The molecule has 0 amide bonds. The summed E-state index contributed by atoms with van der Waals surface area (Å²) in [6.45, 7) is 3.63. The normalized spacial score (nSPS) is 11.1. The van der Waals surface area contributed by atoms with E-state index in [2.05, 4.69) is 6.07 Å². The van der Waals surface area contributed by atoms with Gasteiger partial charge < -0.3 is 5.11 Å². The minimum atomic E-state index is -0.606. The van der Waals surface area contributed by atoms with Gasteiger partial charge in [-0.1, -0.05) is 24.3 Å². The molecule has 0 fully saturated rings. The first-order valence-corrected chi connectivity index (χ1v) is 5.18. The second-order valence-electron chi connectivity index (χ2n) is 4.46. The lowest BCUT2D eigenvalue weighted by Crippen LogP contribution is -2.19.